The van der Waals surface area contributed by atoms with E-state index in [1.807, 2.05) is 11.9 Å². The Hall–Kier alpha value is -0.650. The van der Waals surface area contributed by atoms with Gasteiger partial charge in [-0.2, -0.15) is 0 Å². The van der Waals surface area contributed by atoms with Gasteiger partial charge in [0, 0.05) is 38.3 Å². The van der Waals surface area contributed by atoms with Crippen LogP contribution in [0.15, 0.2) is 0 Å². The van der Waals surface area contributed by atoms with Crippen LogP contribution in [-0.2, 0) is 4.79 Å². The first-order chi connectivity index (χ1) is 7.08. The van der Waals surface area contributed by atoms with Crippen LogP contribution in [0.3, 0.4) is 0 Å². The summed E-state index contributed by atoms with van der Waals surface area (Å²) in [4.78, 5) is 16.1. The molecule has 2 saturated heterocycles. The lowest BCUT2D eigenvalue weighted by Gasteiger charge is -2.22. The lowest BCUT2D eigenvalue weighted by atomic mass is 10.0. The zero-order valence-corrected chi connectivity index (χ0v) is 9.22. The van der Waals surface area contributed by atoms with Crippen molar-refractivity contribution in [2.75, 3.05) is 33.2 Å². The number of hydrogen-bond donors (Lipinski definition) is 2. The third-order valence-corrected chi connectivity index (χ3v) is 3.40. The number of nitrogens with two attached hydrogens (primary N) is 2. The summed E-state index contributed by atoms with van der Waals surface area (Å²) >= 11 is 0. The minimum atomic E-state index is -0.0275. The molecule has 0 aliphatic carbocycles. The van der Waals surface area contributed by atoms with Crippen LogP contribution in [0.1, 0.15) is 6.42 Å². The number of rotatable bonds is 1. The lowest BCUT2D eigenvalue weighted by molar-refractivity contribution is -0.134. The van der Waals surface area contributed by atoms with Crippen LogP contribution in [0.2, 0.25) is 0 Å². The highest BCUT2D eigenvalue weighted by atomic mass is 16.2. The van der Waals surface area contributed by atoms with E-state index in [4.69, 9.17) is 11.5 Å². The number of carbonyl (C=O) groups is 1. The van der Waals surface area contributed by atoms with Gasteiger partial charge in [-0.05, 0) is 13.5 Å². The zero-order valence-electron chi connectivity index (χ0n) is 9.22. The van der Waals surface area contributed by atoms with Crippen molar-refractivity contribution >= 4 is 5.91 Å². The molecule has 0 saturated carbocycles. The fourth-order valence-electron chi connectivity index (χ4n) is 2.52. The van der Waals surface area contributed by atoms with Crippen molar-refractivity contribution in [2.45, 2.75) is 18.5 Å². The summed E-state index contributed by atoms with van der Waals surface area (Å²) in [5, 5.41) is 0. The van der Waals surface area contributed by atoms with Gasteiger partial charge >= 0.3 is 0 Å². The van der Waals surface area contributed by atoms with Crippen molar-refractivity contribution in [3.8, 4) is 0 Å². The van der Waals surface area contributed by atoms with Gasteiger partial charge in [0.05, 0.1) is 5.92 Å². The van der Waals surface area contributed by atoms with Crippen molar-refractivity contribution in [3.63, 3.8) is 0 Å². The van der Waals surface area contributed by atoms with Gasteiger partial charge in [-0.3, -0.25) is 4.79 Å². The van der Waals surface area contributed by atoms with Gasteiger partial charge in [0.2, 0.25) is 5.91 Å². The van der Waals surface area contributed by atoms with Crippen molar-refractivity contribution in [1.82, 2.24) is 9.80 Å². The Kier molecular flexibility index (Phi) is 2.95. The summed E-state index contributed by atoms with van der Waals surface area (Å²) in [5.41, 5.74) is 11.7. The second kappa shape index (κ2) is 4.08. The van der Waals surface area contributed by atoms with Crippen LogP contribution in [-0.4, -0.2) is 61.0 Å². The fraction of sp³-hybridized carbons (Fsp3) is 0.900. The molecular formula is C10H20N4O. The molecule has 0 unspecified atom stereocenters. The lowest BCUT2D eigenvalue weighted by Crippen LogP contribution is -2.43. The van der Waals surface area contributed by atoms with Crippen molar-refractivity contribution in [1.29, 1.82) is 0 Å². The molecule has 2 rings (SSSR count). The number of amides is 1. The maximum absolute atomic E-state index is 12.1. The molecule has 3 atom stereocenters. The summed E-state index contributed by atoms with van der Waals surface area (Å²) in [6, 6.07) is 0.142. The molecule has 2 heterocycles. The Morgan fingerprint density at radius 2 is 2.00 bits per heavy atom. The molecule has 0 radical (unpaired) electrons. The summed E-state index contributed by atoms with van der Waals surface area (Å²) < 4.78 is 0. The normalized spacial score (nSPS) is 37.5. The minimum Gasteiger partial charge on any atom is -0.341 e. The second-order valence-corrected chi connectivity index (χ2v) is 4.82. The predicted octanol–water partition coefficient (Wildman–Crippen LogP) is -1.57. The zero-order chi connectivity index (χ0) is 11.0. The molecule has 0 aromatic heterocycles. The molecule has 2 aliphatic rings. The highest BCUT2D eigenvalue weighted by Gasteiger charge is 2.37. The van der Waals surface area contributed by atoms with Gasteiger partial charge in [0.1, 0.15) is 0 Å². The van der Waals surface area contributed by atoms with E-state index in [0.29, 0.717) is 6.54 Å². The first-order valence-electron chi connectivity index (χ1n) is 5.56. The van der Waals surface area contributed by atoms with E-state index in [2.05, 4.69) is 4.90 Å². The Balaban J connectivity index is 1.96. The van der Waals surface area contributed by atoms with Gasteiger partial charge in [-0.25, -0.2) is 0 Å². The maximum atomic E-state index is 12.1. The molecule has 0 bridgehead atoms. The molecule has 1 amide bonds. The molecule has 5 heteroatoms. The molecule has 2 fully saturated rings. The molecule has 4 N–H and O–H groups in total. The van der Waals surface area contributed by atoms with Crippen LogP contribution in [0.4, 0.5) is 0 Å². The minimum absolute atomic E-state index is 0.0145. The van der Waals surface area contributed by atoms with Crippen LogP contribution in [0.5, 0.6) is 0 Å². The Morgan fingerprint density at radius 3 is 2.47 bits per heavy atom. The van der Waals surface area contributed by atoms with Gasteiger partial charge in [-0.1, -0.05) is 0 Å². The highest BCUT2D eigenvalue weighted by Crippen LogP contribution is 2.19. The second-order valence-electron chi connectivity index (χ2n) is 4.82. The number of carbonyl (C=O) groups excluding carboxylic acids is 1. The molecular weight excluding hydrogens is 192 g/mol. The van der Waals surface area contributed by atoms with Gasteiger partial charge < -0.3 is 21.3 Å². The van der Waals surface area contributed by atoms with Crippen molar-refractivity contribution < 1.29 is 4.79 Å². The Morgan fingerprint density at radius 1 is 1.27 bits per heavy atom. The first-order valence-corrected chi connectivity index (χ1v) is 5.56. The molecule has 15 heavy (non-hydrogen) atoms. The fourth-order valence-corrected chi connectivity index (χ4v) is 2.52. The van der Waals surface area contributed by atoms with E-state index in [1.54, 1.807) is 0 Å². The molecule has 86 valence electrons. The number of nitrogens with zero attached hydrogens (tertiary/aromatic N) is 2. The van der Waals surface area contributed by atoms with E-state index < -0.39 is 0 Å². The van der Waals surface area contributed by atoms with E-state index in [-0.39, 0.29) is 23.9 Å². The number of likely N-dealkylation sites (tertiary alicyclic amines) is 2. The molecule has 0 aromatic rings. The molecule has 0 spiro atoms. The largest absolute Gasteiger partial charge is 0.341 e. The highest BCUT2D eigenvalue weighted by molar-refractivity contribution is 5.80. The van der Waals surface area contributed by atoms with E-state index in [0.717, 1.165) is 26.1 Å². The monoisotopic (exact) mass is 212 g/mol. The summed E-state index contributed by atoms with van der Waals surface area (Å²) in [7, 11) is 2.00. The molecule has 5 nitrogen and oxygen atoms in total. The summed E-state index contributed by atoms with van der Waals surface area (Å²) in [6.45, 7) is 3.10. The van der Waals surface area contributed by atoms with Crippen molar-refractivity contribution in [2.24, 2.45) is 17.4 Å². The third kappa shape index (κ3) is 2.14. The summed E-state index contributed by atoms with van der Waals surface area (Å²) in [5.74, 6) is 0.167. The predicted molar refractivity (Wildman–Crippen MR) is 58.1 cm³/mol. The van der Waals surface area contributed by atoms with Crippen LogP contribution < -0.4 is 11.5 Å². The molecule has 0 aromatic carbocycles. The van der Waals surface area contributed by atoms with Crippen LogP contribution in [0.25, 0.3) is 0 Å². The van der Waals surface area contributed by atoms with Crippen LogP contribution in [0, 0.1) is 5.92 Å². The standard InChI is InChI=1S/C10H20N4O/c1-13-5-8(9(12)6-13)10(15)14-3-2-7(11)4-14/h7-9H,2-6,11-12H2,1H3/t7-,8-,9+/m1/s1. The average Bonchev–Trinajstić information content (AvgIpc) is 2.71. The summed E-state index contributed by atoms with van der Waals surface area (Å²) in [6.07, 6.45) is 0.920. The SMILES string of the molecule is CN1C[C@H](N)[C@H](C(=O)N2CC[C@@H](N)C2)C1. The van der Waals surface area contributed by atoms with Crippen molar-refractivity contribution in [3.05, 3.63) is 0 Å². The van der Waals surface area contributed by atoms with E-state index >= 15 is 0 Å². The maximum Gasteiger partial charge on any atom is 0.228 e. The first kappa shape index (κ1) is 10.9. The quantitative estimate of drug-likeness (QED) is 0.551. The smallest absolute Gasteiger partial charge is 0.228 e. The van der Waals surface area contributed by atoms with E-state index in [9.17, 15) is 4.79 Å². The average molecular weight is 212 g/mol. The van der Waals surface area contributed by atoms with E-state index in [1.165, 1.54) is 0 Å². The van der Waals surface area contributed by atoms with Crippen LogP contribution >= 0.6 is 0 Å². The third-order valence-electron chi connectivity index (χ3n) is 3.40. The number of hydrogen-bond acceptors (Lipinski definition) is 4. The Labute approximate surface area is 90.4 Å². The van der Waals surface area contributed by atoms with Gasteiger partial charge in [0.25, 0.3) is 0 Å². The van der Waals surface area contributed by atoms with Gasteiger partial charge in [-0.15, -0.1) is 0 Å². The Bertz CT molecular complexity index is 258. The topological polar surface area (TPSA) is 75.6 Å². The molecule has 2 aliphatic heterocycles. The van der Waals surface area contributed by atoms with Gasteiger partial charge in [0.15, 0.2) is 0 Å². The number of likely N-dealkylation sites (N-methyl/N-ethyl adjacent to an activating group) is 1.